The first kappa shape index (κ1) is 17.0. The molecule has 3 rings (SSSR count). The lowest BCUT2D eigenvalue weighted by molar-refractivity contribution is 0.0993. The summed E-state index contributed by atoms with van der Waals surface area (Å²) in [5, 5.41) is 0.701. The van der Waals surface area contributed by atoms with Crippen LogP contribution in [-0.2, 0) is 0 Å². The number of hydrogen-bond donors (Lipinski definition) is 0. The largest absolute Gasteiger partial charge is 0.304 e. The Morgan fingerprint density at radius 2 is 1.88 bits per heavy atom. The van der Waals surface area contributed by atoms with Gasteiger partial charge in [0.05, 0.1) is 5.69 Å². The molecular weight excluding hydrogens is 335 g/mol. The lowest BCUT2D eigenvalue weighted by atomic mass is 10.2. The molecule has 5 heteroatoms. The molecule has 0 unspecified atom stereocenters. The highest BCUT2D eigenvalue weighted by Gasteiger charge is 2.22. The lowest BCUT2D eigenvalue weighted by Crippen LogP contribution is -2.30. The quantitative estimate of drug-likeness (QED) is 0.599. The fraction of sp³-hybridized carbons (Fsp3) is 0.100. The third-order valence-corrected chi connectivity index (χ3v) is 4.90. The fourth-order valence-electron chi connectivity index (χ4n) is 2.48. The zero-order valence-electron chi connectivity index (χ0n) is 13.8. The van der Waals surface area contributed by atoms with Crippen molar-refractivity contribution in [1.82, 2.24) is 4.98 Å². The molecule has 0 spiro atoms. The average molecular weight is 352 g/mol. The van der Waals surface area contributed by atoms with Gasteiger partial charge in [-0.3, -0.25) is 4.79 Å². The minimum Gasteiger partial charge on any atom is -0.304 e. The van der Waals surface area contributed by atoms with Gasteiger partial charge in [0.2, 0.25) is 0 Å². The van der Waals surface area contributed by atoms with E-state index in [1.807, 2.05) is 37.3 Å². The highest BCUT2D eigenvalue weighted by Crippen LogP contribution is 2.30. The van der Waals surface area contributed by atoms with Crippen molar-refractivity contribution in [1.29, 1.82) is 0 Å². The molecule has 0 saturated heterocycles. The van der Waals surface area contributed by atoms with Gasteiger partial charge in [-0.05, 0) is 43.3 Å². The fourth-order valence-corrected chi connectivity index (χ4v) is 3.50. The number of aromatic nitrogens is 1. The summed E-state index contributed by atoms with van der Waals surface area (Å²) in [4.78, 5) is 19.8. The van der Waals surface area contributed by atoms with Crippen molar-refractivity contribution in [3.05, 3.63) is 83.6 Å². The van der Waals surface area contributed by atoms with Gasteiger partial charge < -0.3 is 4.90 Å². The van der Waals surface area contributed by atoms with Gasteiger partial charge in [-0.1, -0.05) is 24.3 Å². The van der Waals surface area contributed by atoms with Gasteiger partial charge in [0.15, 0.2) is 0 Å². The van der Waals surface area contributed by atoms with Crippen LogP contribution >= 0.6 is 11.3 Å². The Balaban J connectivity index is 1.96. The van der Waals surface area contributed by atoms with E-state index >= 15 is 0 Å². The van der Waals surface area contributed by atoms with Gasteiger partial charge in [0.1, 0.15) is 15.7 Å². The molecule has 1 heterocycles. The maximum Gasteiger partial charge on any atom is 0.270 e. The van der Waals surface area contributed by atoms with Gasteiger partial charge in [0.25, 0.3) is 5.91 Å². The number of aryl methyl sites for hydroxylation is 1. The zero-order chi connectivity index (χ0) is 17.8. The van der Waals surface area contributed by atoms with E-state index in [2.05, 4.69) is 11.6 Å². The Hall–Kier alpha value is -2.79. The first-order valence-electron chi connectivity index (χ1n) is 7.81. The number of amides is 1. The number of hydrogen-bond acceptors (Lipinski definition) is 3. The summed E-state index contributed by atoms with van der Waals surface area (Å²) in [6.07, 6.45) is 1.70. The number of thiazole rings is 1. The Morgan fingerprint density at radius 3 is 2.52 bits per heavy atom. The van der Waals surface area contributed by atoms with E-state index in [0.29, 0.717) is 22.1 Å². The number of anilines is 1. The van der Waals surface area contributed by atoms with Gasteiger partial charge in [-0.25, -0.2) is 9.37 Å². The van der Waals surface area contributed by atoms with Crippen LogP contribution < -0.4 is 4.90 Å². The molecule has 2 aromatic carbocycles. The van der Waals surface area contributed by atoms with E-state index in [-0.39, 0.29) is 11.7 Å². The molecule has 0 fully saturated rings. The summed E-state index contributed by atoms with van der Waals surface area (Å²) in [5.41, 5.74) is 2.27. The molecule has 3 nitrogen and oxygen atoms in total. The normalized spacial score (nSPS) is 10.5. The second-order valence-corrected chi connectivity index (χ2v) is 6.48. The molecule has 0 aliphatic carbocycles. The maximum absolute atomic E-state index is 13.1. The Kier molecular flexibility index (Phi) is 5.05. The van der Waals surface area contributed by atoms with Crippen LogP contribution in [0.4, 0.5) is 10.1 Å². The van der Waals surface area contributed by atoms with E-state index in [9.17, 15) is 9.18 Å². The molecule has 1 aromatic heterocycles. The monoisotopic (exact) mass is 352 g/mol. The van der Waals surface area contributed by atoms with Gasteiger partial charge in [-0.2, -0.15) is 0 Å². The first-order chi connectivity index (χ1) is 12.1. The number of benzene rings is 2. The van der Waals surface area contributed by atoms with Crippen LogP contribution in [0.2, 0.25) is 0 Å². The van der Waals surface area contributed by atoms with Gasteiger partial charge in [-0.15, -0.1) is 17.9 Å². The van der Waals surface area contributed by atoms with Crippen LogP contribution in [-0.4, -0.2) is 17.4 Å². The van der Waals surface area contributed by atoms with Crippen molar-refractivity contribution in [2.75, 3.05) is 11.4 Å². The highest BCUT2D eigenvalue weighted by molar-refractivity contribution is 7.17. The zero-order valence-corrected chi connectivity index (χ0v) is 14.6. The third kappa shape index (κ3) is 3.67. The Bertz CT molecular complexity index is 888. The second-order valence-electron chi connectivity index (χ2n) is 5.48. The molecule has 0 aliphatic rings. The summed E-state index contributed by atoms with van der Waals surface area (Å²) in [6.45, 7) is 5.97. The van der Waals surface area contributed by atoms with Crippen LogP contribution in [0.25, 0.3) is 10.6 Å². The third-order valence-electron chi connectivity index (χ3n) is 3.71. The summed E-state index contributed by atoms with van der Waals surface area (Å²) in [5.74, 6) is -0.413. The Morgan fingerprint density at radius 1 is 1.20 bits per heavy atom. The van der Waals surface area contributed by atoms with E-state index in [0.717, 1.165) is 11.3 Å². The smallest absolute Gasteiger partial charge is 0.270 e. The number of carbonyl (C=O) groups is 1. The van der Waals surface area contributed by atoms with Crippen molar-refractivity contribution in [2.45, 2.75) is 6.92 Å². The number of carbonyl (C=O) groups excluding carboxylic acids is 1. The van der Waals surface area contributed by atoms with Crippen LogP contribution in [0.5, 0.6) is 0 Å². The predicted octanol–water partition coefficient (Wildman–Crippen LogP) is 5.09. The topological polar surface area (TPSA) is 33.2 Å². The molecular formula is C20H17FN2OS. The van der Waals surface area contributed by atoms with Crippen LogP contribution in [0.3, 0.4) is 0 Å². The molecule has 25 heavy (non-hydrogen) atoms. The molecule has 0 aliphatic heterocycles. The predicted molar refractivity (Wildman–Crippen MR) is 101 cm³/mol. The molecule has 1 amide bonds. The van der Waals surface area contributed by atoms with Crippen molar-refractivity contribution >= 4 is 22.9 Å². The van der Waals surface area contributed by atoms with Crippen molar-refractivity contribution in [3.8, 4) is 10.6 Å². The molecule has 0 bridgehead atoms. The summed E-state index contributed by atoms with van der Waals surface area (Å²) in [7, 11) is 0. The van der Waals surface area contributed by atoms with E-state index in [1.54, 1.807) is 23.1 Å². The molecule has 126 valence electrons. The van der Waals surface area contributed by atoms with Crippen molar-refractivity contribution in [2.24, 2.45) is 0 Å². The molecule has 3 aromatic rings. The summed E-state index contributed by atoms with van der Waals surface area (Å²) >= 11 is 1.32. The van der Waals surface area contributed by atoms with Gasteiger partial charge in [0, 0.05) is 17.8 Å². The SMILES string of the molecule is C=CCN(C(=O)c1sc(-c2ccc(F)cc2)nc1C)c1ccccc1. The van der Waals surface area contributed by atoms with Crippen molar-refractivity contribution < 1.29 is 9.18 Å². The minimum atomic E-state index is -0.297. The Labute approximate surface area is 150 Å². The first-order valence-corrected chi connectivity index (χ1v) is 8.63. The summed E-state index contributed by atoms with van der Waals surface area (Å²) < 4.78 is 13.1. The van der Waals surface area contributed by atoms with Crippen LogP contribution in [0, 0.1) is 12.7 Å². The molecule has 0 saturated carbocycles. The number of rotatable bonds is 5. The maximum atomic E-state index is 13.1. The molecule has 0 radical (unpaired) electrons. The minimum absolute atomic E-state index is 0.116. The second kappa shape index (κ2) is 7.40. The number of halogens is 1. The molecule has 0 atom stereocenters. The standard InChI is InChI=1S/C20H17FN2OS/c1-3-13-23(17-7-5-4-6-8-17)20(24)18-14(2)22-19(25-18)15-9-11-16(21)12-10-15/h3-12H,1,13H2,2H3. The number of nitrogens with zero attached hydrogens (tertiary/aromatic N) is 2. The summed E-state index contributed by atoms with van der Waals surface area (Å²) in [6, 6.07) is 15.6. The number of para-hydroxylation sites is 1. The molecule has 0 N–H and O–H groups in total. The van der Waals surface area contributed by atoms with Crippen LogP contribution in [0.15, 0.2) is 67.3 Å². The van der Waals surface area contributed by atoms with Gasteiger partial charge >= 0.3 is 0 Å². The van der Waals surface area contributed by atoms with Crippen LogP contribution in [0.1, 0.15) is 15.4 Å². The lowest BCUT2D eigenvalue weighted by Gasteiger charge is -2.20. The average Bonchev–Trinajstić information content (AvgIpc) is 3.02. The van der Waals surface area contributed by atoms with Crippen molar-refractivity contribution in [3.63, 3.8) is 0 Å². The van der Waals surface area contributed by atoms with E-state index in [1.165, 1.54) is 23.5 Å². The van der Waals surface area contributed by atoms with E-state index in [4.69, 9.17) is 0 Å². The van der Waals surface area contributed by atoms with E-state index < -0.39 is 0 Å². The highest BCUT2D eigenvalue weighted by atomic mass is 32.1.